The number of rotatable bonds is 7. The number of ether oxygens (including phenoxy) is 1. The van der Waals surface area contributed by atoms with Crippen LogP contribution in [-0.4, -0.2) is 44.6 Å². The number of benzene rings is 1. The van der Waals surface area contributed by atoms with Gasteiger partial charge in [0.15, 0.2) is 18.1 Å². The van der Waals surface area contributed by atoms with Gasteiger partial charge < -0.3 is 15.8 Å². The second kappa shape index (κ2) is 8.89. The summed E-state index contributed by atoms with van der Waals surface area (Å²) in [6.07, 6.45) is 1.55. The van der Waals surface area contributed by atoms with Gasteiger partial charge in [-0.2, -0.15) is 4.68 Å². The number of esters is 1. The van der Waals surface area contributed by atoms with Crippen LogP contribution < -0.4 is 11.1 Å². The maximum absolute atomic E-state index is 12.6. The third kappa shape index (κ3) is 4.90. The van der Waals surface area contributed by atoms with Gasteiger partial charge in [-0.1, -0.05) is 30.3 Å². The number of tetrazole rings is 1. The lowest BCUT2D eigenvalue weighted by Gasteiger charge is -2.09. The normalized spacial score (nSPS) is 11.1. The van der Waals surface area contributed by atoms with Crippen molar-refractivity contribution < 1.29 is 19.1 Å². The van der Waals surface area contributed by atoms with E-state index in [4.69, 9.17) is 10.5 Å². The fourth-order valence-electron chi connectivity index (χ4n) is 2.34. The SMILES string of the molecule is Cc1nnnn1C(=Cc1ccccc1)C(=O)OCC(=O)Nc1sccc1C(N)=O. The van der Waals surface area contributed by atoms with Crippen LogP contribution in [0.1, 0.15) is 21.7 Å². The van der Waals surface area contributed by atoms with Gasteiger partial charge in [0.2, 0.25) is 0 Å². The molecule has 148 valence electrons. The molecule has 0 aliphatic carbocycles. The molecule has 3 aromatic rings. The Balaban J connectivity index is 1.73. The Morgan fingerprint density at radius 3 is 2.66 bits per heavy atom. The molecule has 1 aromatic carbocycles. The van der Waals surface area contributed by atoms with E-state index in [9.17, 15) is 14.4 Å². The van der Waals surface area contributed by atoms with Crippen LogP contribution in [0.5, 0.6) is 0 Å². The van der Waals surface area contributed by atoms with E-state index < -0.39 is 24.4 Å². The zero-order valence-electron chi connectivity index (χ0n) is 15.2. The topological polar surface area (TPSA) is 142 Å². The zero-order valence-corrected chi connectivity index (χ0v) is 16.0. The molecule has 2 amide bonds. The van der Waals surface area contributed by atoms with Gasteiger partial charge in [0.05, 0.1) is 5.56 Å². The molecule has 0 aliphatic heterocycles. The lowest BCUT2D eigenvalue weighted by atomic mass is 10.2. The molecule has 0 radical (unpaired) electrons. The van der Waals surface area contributed by atoms with Crippen molar-refractivity contribution in [2.24, 2.45) is 5.73 Å². The molecular formula is C18H16N6O4S. The molecule has 10 nitrogen and oxygen atoms in total. The molecule has 0 saturated heterocycles. The second-order valence-electron chi connectivity index (χ2n) is 5.73. The first-order chi connectivity index (χ1) is 14.0. The number of hydrogen-bond donors (Lipinski definition) is 2. The van der Waals surface area contributed by atoms with E-state index in [1.807, 2.05) is 18.2 Å². The first kappa shape index (κ1) is 19.9. The molecule has 29 heavy (non-hydrogen) atoms. The monoisotopic (exact) mass is 412 g/mol. The summed E-state index contributed by atoms with van der Waals surface area (Å²) < 4.78 is 6.34. The van der Waals surface area contributed by atoms with Crippen LogP contribution in [0.4, 0.5) is 5.00 Å². The number of nitrogens with zero attached hydrogens (tertiary/aromatic N) is 4. The summed E-state index contributed by atoms with van der Waals surface area (Å²) in [5.74, 6) is -1.70. The van der Waals surface area contributed by atoms with Crippen molar-refractivity contribution in [1.82, 2.24) is 20.2 Å². The van der Waals surface area contributed by atoms with E-state index >= 15 is 0 Å². The van der Waals surface area contributed by atoms with Gasteiger partial charge in [-0.15, -0.1) is 16.4 Å². The highest BCUT2D eigenvalue weighted by Crippen LogP contribution is 2.22. The molecule has 2 heterocycles. The quantitative estimate of drug-likeness (QED) is 0.440. The maximum atomic E-state index is 12.6. The number of aromatic nitrogens is 4. The van der Waals surface area contributed by atoms with E-state index in [-0.39, 0.29) is 16.3 Å². The molecule has 0 unspecified atom stereocenters. The van der Waals surface area contributed by atoms with Crippen LogP contribution >= 0.6 is 11.3 Å². The lowest BCUT2D eigenvalue weighted by Crippen LogP contribution is -2.24. The Bertz CT molecular complexity index is 1070. The molecule has 11 heteroatoms. The van der Waals surface area contributed by atoms with Crippen molar-refractivity contribution in [2.75, 3.05) is 11.9 Å². The first-order valence-corrected chi connectivity index (χ1v) is 9.20. The van der Waals surface area contributed by atoms with E-state index in [1.54, 1.807) is 30.5 Å². The van der Waals surface area contributed by atoms with Gasteiger partial charge in [0.1, 0.15) is 5.00 Å². The summed E-state index contributed by atoms with van der Waals surface area (Å²) in [7, 11) is 0. The number of aryl methyl sites for hydroxylation is 1. The number of anilines is 1. The van der Waals surface area contributed by atoms with Gasteiger partial charge in [-0.3, -0.25) is 9.59 Å². The summed E-state index contributed by atoms with van der Waals surface area (Å²) in [5.41, 5.74) is 6.19. The average Bonchev–Trinajstić information content (AvgIpc) is 3.34. The summed E-state index contributed by atoms with van der Waals surface area (Å²) in [5, 5.41) is 15.5. The molecule has 0 bridgehead atoms. The van der Waals surface area contributed by atoms with Gasteiger partial charge in [0, 0.05) is 0 Å². The molecule has 0 spiro atoms. The van der Waals surface area contributed by atoms with Crippen molar-refractivity contribution in [3.8, 4) is 0 Å². The molecule has 3 rings (SSSR count). The third-order valence-electron chi connectivity index (χ3n) is 3.68. The number of carbonyl (C=O) groups excluding carboxylic acids is 3. The summed E-state index contributed by atoms with van der Waals surface area (Å²) in [6, 6.07) is 10.5. The summed E-state index contributed by atoms with van der Waals surface area (Å²) in [6.45, 7) is 1.06. The number of hydrogen-bond acceptors (Lipinski definition) is 8. The minimum Gasteiger partial charge on any atom is -0.451 e. The largest absolute Gasteiger partial charge is 0.451 e. The highest BCUT2D eigenvalue weighted by molar-refractivity contribution is 7.14. The Kier molecular flexibility index (Phi) is 6.09. The van der Waals surface area contributed by atoms with E-state index in [0.29, 0.717) is 5.82 Å². The van der Waals surface area contributed by atoms with Crippen LogP contribution in [0, 0.1) is 6.92 Å². The zero-order chi connectivity index (χ0) is 20.8. The number of amides is 2. The summed E-state index contributed by atoms with van der Waals surface area (Å²) >= 11 is 1.13. The van der Waals surface area contributed by atoms with Crippen LogP contribution in [-0.2, 0) is 14.3 Å². The summed E-state index contributed by atoms with van der Waals surface area (Å²) in [4.78, 5) is 36.1. The van der Waals surface area contributed by atoms with Crippen molar-refractivity contribution in [1.29, 1.82) is 0 Å². The smallest absolute Gasteiger partial charge is 0.357 e. The fraction of sp³-hybridized carbons (Fsp3) is 0.111. The van der Waals surface area contributed by atoms with Gasteiger partial charge in [-0.05, 0) is 40.4 Å². The van der Waals surface area contributed by atoms with Crippen LogP contribution in [0.2, 0.25) is 0 Å². The molecule has 0 aliphatic rings. The Morgan fingerprint density at radius 1 is 1.24 bits per heavy atom. The number of nitrogens with one attached hydrogen (secondary N) is 1. The van der Waals surface area contributed by atoms with Gasteiger partial charge in [0.25, 0.3) is 11.8 Å². The molecule has 0 fully saturated rings. The molecule has 2 aromatic heterocycles. The minimum absolute atomic E-state index is 0.0421. The van der Waals surface area contributed by atoms with Crippen molar-refractivity contribution in [3.63, 3.8) is 0 Å². The maximum Gasteiger partial charge on any atom is 0.357 e. The van der Waals surface area contributed by atoms with Crippen LogP contribution in [0.3, 0.4) is 0 Å². The Labute approximate surface area is 169 Å². The van der Waals surface area contributed by atoms with Crippen LogP contribution in [0.15, 0.2) is 41.8 Å². The number of primary amides is 1. The van der Waals surface area contributed by atoms with Gasteiger partial charge >= 0.3 is 5.97 Å². The predicted molar refractivity (Wildman–Crippen MR) is 106 cm³/mol. The Morgan fingerprint density at radius 2 is 2.00 bits per heavy atom. The second-order valence-corrected chi connectivity index (χ2v) is 6.65. The lowest BCUT2D eigenvalue weighted by molar-refractivity contribution is -0.141. The van der Waals surface area contributed by atoms with Gasteiger partial charge in [-0.25, -0.2) is 4.79 Å². The number of nitrogens with two attached hydrogens (primary N) is 1. The Hall–Kier alpha value is -3.86. The molecule has 3 N–H and O–H groups in total. The van der Waals surface area contributed by atoms with Crippen molar-refractivity contribution in [2.45, 2.75) is 6.92 Å². The average molecular weight is 412 g/mol. The molecular weight excluding hydrogens is 396 g/mol. The highest BCUT2D eigenvalue weighted by atomic mass is 32.1. The van der Waals surface area contributed by atoms with Crippen LogP contribution in [0.25, 0.3) is 11.8 Å². The number of carbonyl (C=O) groups is 3. The minimum atomic E-state index is -0.791. The molecule has 0 atom stereocenters. The van der Waals surface area contributed by atoms with E-state index in [2.05, 4.69) is 20.8 Å². The number of thiophene rings is 1. The van der Waals surface area contributed by atoms with Crippen molar-refractivity contribution in [3.05, 3.63) is 58.7 Å². The highest BCUT2D eigenvalue weighted by Gasteiger charge is 2.20. The van der Waals surface area contributed by atoms with E-state index in [1.165, 1.54) is 10.7 Å². The standard InChI is InChI=1S/C18H16N6O4S/c1-11-21-22-23-24(11)14(9-12-5-3-2-4-6-12)18(27)28-10-15(25)20-17-13(16(19)26)7-8-29-17/h2-9H,10H2,1H3,(H2,19,26)(H,20,25). The third-order valence-corrected chi connectivity index (χ3v) is 4.51. The fourth-order valence-corrected chi connectivity index (χ4v) is 3.14. The molecule has 0 saturated carbocycles. The first-order valence-electron chi connectivity index (χ1n) is 8.32. The predicted octanol–water partition coefficient (Wildman–Crippen LogP) is 1.32. The van der Waals surface area contributed by atoms with Crippen molar-refractivity contribution >= 4 is 45.9 Å². The van der Waals surface area contributed by atoms with E-state index in [0.717, 1.165) is 16.9 Å².